The first-order valence-corrected chi connectivity index (χ1v) is 18.0. The molecule has 0 radical (unpaired) electrons. The molecule has 248 valence electrons. The molecule has 1 amide bonds. The topological polar surface area (TPSA) is 85.4 Å². The lowest BCUT2D eigenvalue weighted by Crippen LogP contribution is -2.67. The zero-order chi connectivity index (χ0) is 32.9. The van der Waals surface area contributed by atoms with Crippen molar-refractivity contribution in [1.29, 1.82) is 0 Å². The number of nitrogens with one attached hydrogen (secondary N) is 1. The second-order valence-electron chi connectivity index (χ2n) is 17.4. The van der Waals surface area contributed by atoms with Crippen molar-refractivity contribution in [1.82, 2.24) is 4.98 Å². The average Bonchev–Trinajstić information content (AvgIpc) is 3.40. The molecule has 0 spiro atoms. The van der Waals surface area contributed by atoms with E-state index in [1.165, 1.54) is 0 Å². The predicted molar refractivity (Wildman–Crippen MR) is 181 cm³/mol. The summed E-state index contributed by atoms with van der Waals surface area (Å²) < 4.78 is 5.94. The van der Waals surface area contributed by atoms with E-state index in [2.05, 4.69) is 44.9 Å². The third kappa shape index (κ3) is 4.26. The standard InChI is InChI=1S/C40H54N2O4/c1-24(43)27-14-19-40(35(45)42-30-23-41-22-26-10-8-9-11-28(26)30)21-20-38(6)29(34(27)40)12-13-32-37(5)17-16-33(46-25(2)44)36(3,4)31(37)15-18-39(32,38)7/h8-11,22-23,27,29,31-34H,12-21H2,1-7H3,(H,42,45)/t27-,29+,31-,32+,33-,34+,37-,38+,39+,40-/m0/s1. The minimum atomic E-state index is -0.536. The Bertz CT molecular complexity index is 1580. The van der Waals surface area contributed by atoms with Gasteiger partial charge in [0.1, 0.15) is 11.9 Å². The number of fused-ring (bicyclic) bond motifs is 8. The molecular weight excluding hydrogens is 572 g/mol. The molecule has 10 atom stereocenters. The molecule has 7 rings (SSSR count). The minimum absolute atomic E-state index is 0.0279. The first-order chi connectivity index (χ1) is 21.7. The van der Waals surface area contributed by atoms with Crippen molar-refractivity contribution in [2.75, 3.05) is 5.32 Å². The second-order valence-corrected chi connectivity index (χ2v) is 17.4. The lowest BCUT2D eigenvalue weighted by molar-refractivity contribution is -0.248. The number of hydrogen-bond acceptors (Lipinski definition) is 5. The van der Waals surface area contributed by atoms with E-state index < -0.39 is 5.41 Å². The number of pyridine rings is 1. The van der Waals surface area contributed by atoms with Crippen LogP contribution in [0.2, 0.25) is 0 Å². The largest absolute Gasteiger partial charge is 0.462 e. The number of carbonyl (C=O) groups is 3. The van der Waals surface area contributed by atoms with Crippen LogP contribution in [0.4, 0.5) is 5.69 Å². The molecule has 5 aliphatic rings. The van der Waals surface area contributed by atoms with E-state index in [0.29, 0.717) is 17.8 Å². The Hall–Kier alpha value is -2.76. The third-order valence-corrected chi connectivity index (χ3v) is 15.6. The first-order valence-electron chi connectivity index (χ1n) is 18.0. The van der Waals surface area contributed by atoms with Gasteiger partial charge in [0.15, 0.2) is 0 Å². The lowest BCUT2D eigenvalue weighted by atomic mass is 9.32. The average molecular weight is 627 g/mol. The SMILES string of the molecule is CC(=O)O[C@H]1CC[C@]2(C)[C@H]3CC[C@@H]4[C@H]5[C@H](C(C)=O)CC[C@]5(C(=O)Nc5cncc6ccccc56)CC[C@@]4(C)[C@]3(C)CC[C@H]2C1(C)C. The fourth-order valence-electron chi connectivity index (χ4n) is 13.3. The molecule has 46 heavy (non-hydrogen) atoms. The summed E-state index contributed by atoms with van der Waals surface area (Å²) in [7, 11) is 0. The molecule has 6 nitrogen and oxygen atoms in total. The number of rotatable bonds is 4. The molecule has 1 aromatic heterocycles. The monoisotopic (exact) mass is 626 g/mol. The minimum Gasteiger partial charge on any atom is -0.462 e. The molecule has 0 bridgehead atoms. The highest BCUT2D eigenvalue weighted by molar-refractivity contribution is 6.04. The summed E-state index contributed by atoms with van der Waals surface area (Å²) in [4.78, 5) is 44.5. The Kier molecular flexibility index (Phi) is 7.35. The van der Waals surface area contributed by atoms with Crippen LogP contribution in [0.15, 0.2) is 36.7 Å². The van der Waals surface area contributed by atoms with Crippen molar-refractivity contribution < 1.29 is 19.1 Å². The van der Waals surface area contributed by atoms with E-state index >= 15 is 0 Å². The third-order valence-electron chi connectivity index (χ3n) is 15.6. The maximum absolute atomic E-state index is 14.7. The normalized spacial score (nSPS) is 42.6. The van der Waals surface area contributed by atoms with E-state index in [-0.39, 0.29) is 57.3 Å². The molecule has 0 aliphatic heterocycles. The molecular formula is C40H54N2O4. The molecule has 5 aliphatic carbocycles. The molecule has 5 fully saturated rings. The van der Waals surface area contributed by atoms with E-state index in [1.807, 2.05) is 30.5 Å². The van der Waals surface area contributed by atoms with Crippen molar-refractivity contribution >= 4 is 34.1 Å². The number of esters is 1. The van der Waals surface area contributed by atoms with Gasteiger partial charge in [-0.3, -0.25) is 19.4 Å². The molecule has 1 heterocycles. The number of Topliss-reactive ketones (excluding diaryl/α,β-unsaturated/α-hetero) is 1. The number of anilines is 1. The molecule has 2 aromatic rings. The Labute approximate surface area is 275 Å². The Morgan fingerprint density at radius 3 is 2.30 bits per heavy atom. The van der Waals surface area contributed by atoms with Gasteiger partial charge >= 0.3 is 5.97 Å². The van der Waals surface area contributed by atoms with Gasteiger partial charge in [0.05, 0.1) is 17.3 Å². The van der Waals surface area contributed by atoms with Gasteiger partial charge in [0.2, 0.25) is 5.91 Å². The maximum atomic E-state index is 14.7. The number of ether oxygens (including phenoxy) is 1. The summed E-state index contributed by atoms with van der Waals surface area (Å²) in [5.41, 5.74) is 0.505. The van der Waals surface area contributed by atoms with Crippen molar-refractivity contribution in [3.63, 3.8) is 0 Å². The summed E-state index contributed by atoms with van der Waals surface area (Å²) in [6.07, 6.45) is 13.6. The number of amides is 1. The van der Waals surface area contributed by atoms with Gasteiger partial charge in [-0.15, -0.1) is 0 Å². The van der Waals surface area contributed by atoms with Crippen LogP contribution in [0.25, 0.3) is 10.8 Å². The molecule has 1 aromatic carbocycles. The van der Waals surface area contributed by atoms with Gasteiger partial charge in [-0.25, -0.2) is 0 Å². The highest BCUT2D eigenvalue weighted by Crippen LogP contribution is 2.77. The number of carbonyl (C=O) groups excluding carboxylic acids is 3. The van der Waals surface area contributed by atoms with Gasteiger partial charge in [-0.05, 0) is 111 Å². The van der Waals surface area contributed by atoms with Crippen LogP contribution in [0.3, 0.4) is 0 Å². The van der Waals surface area contributed by atoms with Crippen LogP contribution < -0.4 is 5.32 Å². The zero-order valence-corrected chi connectivity index (χ0v) is 29.1. The smallest absolute Gasteiger partial charge is 0.302 e. The number of ketones is 1. The van der Waals surface area contributed by atoms with E-state index in [0.717, 1.165) is 80.7 Å². The van der Waals surface area contributed by atoms with Crippen LogP contribution in [0.5, 0.6) is 0 Å². The summed E-state index contributed by atoms with van der Waals surface area (Å²) in [5, 5.41) is 5.39. The van der Waals surface area contributed by atoms with Gasteiger partial charge in [0, 0.05) is 35.2 Å². The van der Waals surface area contributed by atoms with Crippen LogP contribution in [-0.4, -0.2) is 28.7 Å². The number of aromatic nitrogens is 1. The van der Waals surface area contributed by atoms with Crippen LogP contribution >= 0.6 is 0 Å². The lowest BCUT2D eigenvalue weighted by Gasteiger charge is -2.72. The fraction of sp³-hybridized carbons (Fsp3) is 0.700. The van der Waals surface area contributed by atoms with Crippen molar-refractivity contribution in [3.05, 3.63) is 36.7 Å². The molecule has 5 saturated carbocycles. The number of nitrogens with zero attached hydrogens (tertiary/aromatic N) is 1. The molecule has 1 N–H and O–H groups in total. The highest BCUT2D eigenvalue weighted by Gasteiger charge is 2.72. The second kappa shape index (κ2) is 10.6. The molecule has 6 heteroatoms. The maximum Gasteiger partial charge on any atom is 0.302 e. The van der Waals surface area contributed by atoms with Crippen molar-refractivity contribution in [2.45, 2.75) is 119 Å². The number of hydrogen-bond donors (Lipinski definition) is 1. The van der Waals surface area contributed by atoms with E-state index in [9.17, 15) is 14.4 Å². The zero-order valence-electron chi connectivity index (χ0n) is 29.1. The van der Waals surface area contributed by atoms with Gasteiger partial charge < -0.3 is 10.1 Å². The van der Waals surface area contributed by atoms with Gasteiger partial charge in [0.25, 0.3) is 0 Å². The number of benzene rings is 1. The summed E-state index contributed by atoms with van der Waals surface area (Å²) in [5.74, 6) is 1.57. The Morgan fingerprint density at radius 1 is 0.804 bits per heavy atom. The fourth-order valence-corrected chi connectivity index (χ4v) is 13.3. The predicted octanol–water partition coefficient (Wildman–Crippen LogP) is 8.78. The van der Waals surface area contributed by atoms with Crippen molar-refractivity contribution in [3.8, 4) is 0 Å². The highest BCUT2D eigenvalue weighted by atomic mass is 16.5. The molecule has 0 unspecified atom stereocenters. The Balaban J connectivity index is 1.23. The van der Waals surface area contributed by atoms with Crippen LogP contribution in [0, 0.1) is 56.7 Å². The van der Waals surface area contributed by atoms with Gasteiger partial charge in [-0.2, -0.15) is 0 Å². The summed E-state index contributed by atoms with van der Waals surface area (Å²) in [6.45, 7) is 15.7. The van der Waals surface area contributed by atoms with Crippen LogP contribution in [-0.2, 0) is 19.1 Å². The first kappa shape index (κ1) is 31.8. The van der Waals surface area contributed by atoms with Crippen LogP contribution in [0.1, 0.15) is 113 Å². The quantitative estimate of drug-likeness (QED) is 0.343. The van der Waals surface area contributed by atoms with Crippen molar-refractivity contribution in [2.24, 2.45) is 56.7 Å². The van der Waals surface area contributed by atoms with E-state index in [1.54, 1.807) is 20.0 Å². The summed E-state index contributed by atoms with van der Waals surface area (Å²) in [6, 6.07) is 8.08. The molecule has 0 saturated heterocycles. The summed E-state index contributed by atoms with van der Waals surface area (Å²) >= 11 is 0. The van der Waals surface area contributed by atoms with E-state index in [4.69, 9.17) is 4.74 Å². The Morgan fingerprint density at radius 2 is 1.57 bits per heavy atom. The van der Waals surface area contributed by atoms with Gasteiger partial charge in [-0.1, -0.05) is 58.9 Å².